The number of ether oxygens (including phenoxy) is 2. The molecule has 1 fully saturated rings. The van der Waals surface area contributed by atoms with Gasteiger partial charge in [-0.1, -0.05) is 11.6 Å². The third-order valence-corrected chi connectivity index (χ3v) is 3.65. The summed E-state index contributed by atoms with van der Waals surface area (Å²) in [5.41, 5.74) is 7.10. The van der Waals surface area contributed by atoms with Crippen molar-refractivity contribution in [2.45, 2.75) is 31.9 Å². The molecule has 3 N–H and O–H groups in total. The van der Waals surface area contributed by atoms with Gasteiger partial charge in [-0.2, -0.15) is 0 Å². The van der Waals surface area contributed by atoms with E-state index in [0.717, 1.165) is 12.8 Å². The molecule has 1 aromatic rings. The Morgan fingerprint density at radius 1 is 1.55 bits per heavy atom. The topological polar surface area (TPSA) is 73.6 Å². The minimum atomic E-state index is -0.457. The van der Waals surface area contributed by atoms with Crippen LogP contribution in [0.25, 0.3) is 0 Å². The largest absolute Gasteiger partial charge is 0.465 e. The number of nitrogens with two attached hydrogens (primary N) is 1. The van der Waals surface area contributed by atoms with Crippen LogP contribution < -0.4 is 11.1 Å². The Morgan fingerprint density at radius 2 is 2.30 bits per heavy atom. The molecule has 6 heteroatoms. The van der Waals surface area contributed by atoms with Crippen LogP contribution in [0.1, 0.15) is 30.1 Å². The van der Waals surface area contributed by atoms with Gasteiger partial charge in [0.25, 0.3) is 0 Å². The molecule has 110 valence electrons. The van der Waals surface area contributed by atoms with Crippen LogP contribution in [0.2, 0.25) is 5.02 Å². The molecular formula is C14H19ClN2O3. The number of hydrogen-bond acceptors (Lipinski definition) is 5. The number of carbonyl (C=O) groups excluding carboxylic acids is 1. The first-order valence-electron chi connectivity index (χ1n) is 6.56. The molecule has 0 spiro atoms. The Balaban J connectivity index is 2.27. The molecule has 1 saturated heterocycles. The third kappa shape index (κ3) is 3.35. The summed E-state index contributed by atoms with van der Waals surface area (Å²) >= 11 is 6.21. The fraction of sp³-hybridized carbons (Fsp3) is 0.500. The van der Waals surface area contributed by atoms with Crippen LogP contribution >= 0.6 is 11.6 Å². The second-order valence-electron chi connectivity index (χ2n) is 4.96. The van der Waals surface area contributed by atoms with Crippen LogP contribution in [0.15, 0.2) is 12.1 Å². The first-order chi connectivity index (χ1) is 9.51. The summed E-state index contributed by atoms with van der Waals surface area (Å²) in [7, 11) is 1.33. The molecule has 2 rings (SSSR count). The first kappa shape index (κ1) is 14.9. The quantitative estimate of drug-likeness (QED) is 0.663. The van der Waals surface area contributed by atoms with E-state index in [2.05, 4.69) is 5.32 Å². The van der Waals surface area contributed by atoms with E-state index in [0.29, 0.717) is 28.6 Å². The van der Waals surface area contributed by atoms with Crippen molar-refractivity contribution in [1.29, 1.82) is 0 Å². The molecule has 1 aromatic carbocycles. The molecule has 2 atom stereocenters. The Kier molecular flexibility index (Phi) is 4.73. The highest BCUT2D eigenvalue weighted by Gasteiger charge is 2.23. The summed E-state index contributed by atoms with van der Waals surface area (Å²) in [5, 5.41) is 3.74. The molecule has 0 radical (unpaired) electrons. The number of nitrogen functional groups attached to an aromatic ring is 1. The molecule has 0 saturated carbocycles. The van der Waals surface area contributed by atoms with Crippen LogP contribution in [0.4, 0.5) is 11.4 Å². The number of anilines is 2. The van der Waals surface area contributed by atoms with E-state index >= 15 is 0 Å². The van der Waals surface area contributed by atoms with E-state index in [1.54, 1.807) is 12.1 Å². The zero-order valence-electron chi connectivity index (χ0n) is 11.6. The number of carbonyl (C=O) groups is 1. The highest BCUT2D eigenvalue weighted by Crippen LogP contribution is 2.32. The van der Waals surface area contributed by atoms with Crippen molar-refractivity contribution in [2.24, 2.45) is 0 Å². The average Bonchev–Trinajstić information content (AvgIpc) is 2.40. The molecule has 0 amide bonds. The molecule has 0 aliphatic carbocycles. The third-order valence-electron chi connectivity index (χ3n) is 3.35. The summed E-state index contributed by atoms with van der Waals surface area (Å²) in [5.74, 6) is -0.457. The summed E-state index contributed by atoms with van der Waals surface area (Å²) in [6.45, 7) is 2.72. The highest BCUT2D eigenvalue weighted by molar-refractivity contribution is 6.34. The molecule has 1 aliphatic heterocycles. The summed E-state index contributed by atoms with van der Waals surface area (Å²) in [6, 6.07) is 3.41. The van der Waals surface area contributed by atoms with E-state index in [4.69, 9.17) is 26.8 Å². The zero-order chi connectivity index (χ0) is 14.7. The second kappa shape index (κ2) is 6.33. The predicted octanol–water partition coefficient (Wildman–Crippen LogP) is 2.69. The van der Waals surface area contributed by atoms with Gasteiger partial charge in [0.05, 0.1) is 29.5 Å². The van der Waals surface area contributed by atoms with Gasteiger partial charge in [0.15, 0.2) is 0 Å². The van der Waals surface area contributed by atoms with Gasteiger partial charge in [-0.05, 0) is 31.9 Å². The van der Waals surface area contributed by atoms with Crippen LogP contribution in [0.3, 0.4) is 0 Å². The first-order valence-corrected chi connectivity index (χ1v) is 6.94. The number of benzene rings is 1. The van der Waals surface area contributed by atoms with Gasteiger partial charge in [0.2, 0.25) is 0 Å². The van der Waals surface area contributed by atoms with Crippen LogP contribution in [-0.2, 0) is 9.47 Å². The minimum absolute atomic E-state index is 0.190. The zero-order valence-corrected chi connectivity index (χ0v) is 12.4. The van der Waals surface area contributed by atoms with E-state index in [1.165, 1.54) is 7.11 Å². The lowest BCUT2D eigenvalue weighted by molar-refractivity contribution is 0.0232. The predicted molar refractivity (Wildman–Crippen MR) is 79.3 cm³/mol. The molecule has 5 nitrogen and oxygen atoms in total. The lowest BCUT2D eigenvalue weighted by Gasteiger charge is -2.29. The van der Waals surface area contributed by atoms with Crippen molar-refractivity contribution >= 4 is 28.9 Å². The number of esters is 1. The van der Waals surface area contributed by atoms with Crippen molar-refractivity contribution < 1.29 is 14.3 Å². The molecule has 2 unspecified atom stereocenters. The lowest BCUT2D eigenvalue weighted by atomic mass is 10.0. The van der Waals surface area contributed by atoms with Gasteiger partial charge >= 0.3 is 5.97 Å². The highest BCUT2D eigenvalue weighted by atomic mass is 35.5. The van der Waals surface area contributed by atoms with E-state index in [9.17, 15) is 4.79 Å². The summed E-state index contributed by atoms with van der Waals surface area (Å²) in [6.07, 6.45) is 1.92. The van der Waals surface area contributed by atoms with Gasteiger partial charge < -0.3 is 20.5 Å². The van der Waals surface area contributed by atoms with Gasteiger partial charge in [-0.3, -0.25) is 0 Å². The average molecular weight is 299 g/mol. The van der Waals surface area contributed by atoms with Crippen LogP contribution in [0, 0.1) is 0 Å². The molecular weight excluding hydrogens is 280 g/mol. The summed E-state index contributed by atoms with van der Waals surface area (Å²) < 4.78 is 10.3. The van der Waals surface area contributed by atoms with Crippen molar-refractivity contribution in [2.75, 3.05) is 24.8 Å². The van der Waals surface area contributed by atoms with E-state index in [1.807, 2.05) is 6.92 Å². The van der Waals surface area contributed by atoms with Gasteiger partial charge in [-0.15, -0.1) is 0 Å². The maximum atomic E-state index is 11.8. The Hall–Kier alpha value is -1.46. The van der Waals surface area contributed by atoms with E-state index in [-0.39, 0.29) is 12.1 Å². The fourth-order valence-corrected chi connectivity index (χ4v) is 2.66. The standard InChI is InChI=1S/C14H19ClN2O3/c1-8-5-10(3-4-20-8)17-13-11(14(18)19-2)6-9(16)7-12(13)15/h6-8,10,17H,3-5,16H2,1-2H3. The number of nitrogens with one attached hydrogen (secondary N) is 1. The van der Waals surface area contributed by atoms with Gasteiger partial charge in [-0.25, -0.2) is 4.79 Å². The van der Waals surface area contributed by atoms with Crippen molar-refractivity contribution in [3.05, 3.63) is 22.7 Å². The van der Waals surface area contributed by atoms with Crippen LogP contribution in [0.5, 0.6) is 0 Å². The van der Waals surface area contributed by atoms with Gasteiger partial charge in [0, 0.05) is 18.3 Å². The van der Waals surface area contributed by atoms with Crippen molar-refractivity contribution in [3.8, 4) is 0 Å². The van der Waals surface area contributed by atoms with Crippen LogP contribution in [-0.4, -0.2) is 31.8 Å². The Bertz CT molecular complexity index is 507. The molecule has 0 bridgehead atoms. The fourth-order valence-electron chi connectivity index (χ4n) is 2.38. The summed E-state index contributed by atoms with van der Waals surface area (Å²) in [4.78, 5) is 11.8. The maximum absolute atomic E-state index is 11.8. The smallest absolute Gasteiger partial charge is 0.340 e. The SMILES string of the molecule is COC(=O)c1cc(N)cc(Cl)c1NC1CCOC(C)C1. The van der Waals surface area contributed by atoms with Crippen molar-refractivity contribution in [3.63, 3.8) is 0 Å². The normalized spacial score (nSPS) is 22.4. The maximum Gasteiger partial charge on any atom is 0.340 e. The molecule has 20 heavy (non-hydrogen) atoms. The molecule has 1 aliphatic rings. The second-order valence-corrected chi connectivity index (χ2v) is 5.37. The monoisotopic (exact) mass is 298 g/mol. The number of rotatable bonds is 3. The molecule has 1 heterocycles. The van der Waals surface area contributed by atoms with E-state index < -0.39 is 5.97 Å². The Morgan fingerprint density at radius 3 is 2.95 bits per heavy atom. The number of hydrogen-bond donors (Lipinski definition) is 2. The van der Waals surface area contributed by atoms with Gasteiger partial charge in [0.1, 0.15) is 0 Å². The van der Waals surface area contributed by atoms with Crippen molar-refractivity contribution in [1.82, 2.24) is 0 Å². The molecule has 0 aromatic heterocycles. The lowest BCUT2D eigenvalue weighted by Crippen LogP contribution is -2.33. The Labute approximate surface area is 123 Å². The minimum Gasteiger partial charge on any atom is -0.465 e. The number of halogens is 1. The number of methoxy groups -OCH3 is 1.